The average Bonchev–Trinajstić information content (AvgIpc) is 3.46. The van der Waals surface area contributed by atoms with Crippen molar-refractivity contribution in [3.8, 4) is 17.6 Å². The fraction of sp³-hybridized carbons (Fsp3) is 0.200. The Hall–Kier alpha value is -5.28. The molecular formula is C35H30N6O4S. The lowest BCUT2D eigenvalue weighted by Crippen LogP contribution is -2.36. The standard InChI is InChI=1S/C35H30N6O4S/c1-44-26-15-17-40(18-16-26)21-22-7-9-24(10-8-22)38-33(42)32-30-29-31(23(19-36)20-37-34(29)46-32)41(35(43)39-30)25-11-13-28(14-12-25)45-27-5-3-2-4-6-27/h2-14,20,26H,15-18,21H2,1H3,(H,38,42)(H,39,43). The number of amides is 3. The number of para-hydroxylation sites is 1. The first-order valence-corrected chi connectivity index (χ1v) is 15.8. The molecule has 0 atom stereocenters. The Balaban J connectivity index is 1.12. The molecular weight excluding hydrogens is 600 g/mol. The molecule has 0 bridgehead atoms. The smallest absolute Gasteiger partial charge is 0.331 e. The third-order valence-corrected chi connectivity index (χ3v) is 9.33. The maximum atomic E-state index is 13.6. The maximum Gasteiger partial charge on any atom is 0.331 e. The number of nitriles is 1. The van der Waals surface area contributed by atoms with Gasteiger partial charge in [0.05, 0.1) is 34.1 Å². The highest BCUT2D eigenvalue weighted by molar-refractivity contribution is 7.21. The Kier molecular flexibility index (Phi) is 8.07. The predicted molar refractivity (Wildman–Crippen MR) is 178 cm³/mol. The zero-order chi connectivity index (χ0) is 31.6. The Morgan fingerprint density at radius 2 is 1.76 bits per heavy atom. The zero-order valence-corrected chi connectivity index (χ0v) is 25.8. The number of likely N-dealkylation sites (tertiary alicyclic amines) is 1. The van der Waals surface area contributed by atoms with Crippen molar-refractivity contribution in [2.45, 2.75) is 25.5 Å². The Morgan fingerprint density at radius 1 is 1.04 bits per heavy atom. The number of nitrogens with one attached hydrogen (secondary N) is 2. The van der Waals surface area contributed by atoms with Crippen LogP contribution < -0.4 is 20.3 Å². The number of carbonyl (C=O) groups excluding carboxylic acids is 2. The number of hydrogen-bond donors (Lipinski definition) is 2. The number of anilines is 4. The van der Waals surface area contributed by atoms with Crippen LogP contribution in [0.2, 0.25) is 0 Å². The Bertz CT molecular complexity index is 1950. The first-order valence-electron chi connectivity index (χ1n) is 15.0. The van der Waals surface area contributed by atoms with E-state index in [-0.39, 0.29) is 11.5 Å². The van der Waals surface area contributed by atoms with Crippen molar-refractivity contribution >= 4 is 56.2 Å². The minimum absolute atomic E-state index is 0.222. The van der Waals surface area contributed by atoms with Crippen molar-refractivity contribution in [1.82, 2.24) is 9.88 Å². The van der Waals surface area contributed by atoms with E-state index in [4.69, 9.17) is 9.47 Å². The highest BCUT2D eigenvalue weighted by atomic mass is 32.1. The van der Waals surface area contributed by atoms with Crippen LogP contribution in [-0.4, -0.2) is 48.1 Å². The molecule has 5 aromatic rings. The predicted octanol–water partition coefficient (Wildman–Crippen LogP) is 7.51. The lowest BCUT2D eigenvalue weighted by molar-refractivity contribution is 0.0389. The van der Waals surface area contributed by atoms with Gasteiger partial charge in [-0.3, -0.25) is 14.6 Å². The number of rotatable bonds is 8. The average molecular weight is 631 g/mol. The van der Waals surface area contributed by atoms with E-state index in [1.165, 1.54) is 22.4 Å². The van der Waals surface area contributed by atoms with Crippen LogP contribution in [0, 0.1) is 11.3 Å². The molecule has 7 rings (SSSR count). The van der Waals surface area contributed by atoms with Gasteiger partial charge in [0.2, 0.25) is 0 Å². The van der Waals surface area contributed by atoms with Gasteiger partial charge in [-0.25, -0.2) is 9.78 Å². The lowest BCUT2D eigenvalue weighted by Gasteiger charge is -2.31. The van der Waals surface area contributed by atoms with Gasteiger partial charge in [-0.15, -0.1) is 11.3 Å². The number of pyridine rings is 1. The molecule has 4 heterocycles. The van der Waals surface area contributed by atoms with E-state index in [2.05, 4.69) is 26.6 Å². The molecule has 0 spiro atoms. The molecule has 10 nitrogen and oxygen atoms in total. The van der Waals surface area contributed by atoms with Gasteiger partial charge in [0, 0.05) is 38.6 Å². The molecule has 2 N–H and O–H groups in total. The summed E-state index contributed by atoms with van der Waals surface area (Å²) in [5.41, 5.74) is 3.29. The largest absolute Gasteiger partial charge is 0.457 e. The van der Waals surface area contributed by atoms with Gasteiger partial charge in [0.1, 0.15) is 27.3 Å². The van der Waals surface area contributed by atoms with Crippen molar-refractivity contribution in [2.75, 3.05) is 35.7 Å². The molecule has 2 aliphatic rings. The van der Waals surface area contributed by atoms with Crippen LogP contribution in [0.15, 0.2) is 85.1 Å². The van der Waals surface area contributed by atoms with E-state index < -0.39 is 6.03 Å². The number of hydrogen-bond acceptors (Lipinski definition) is 8. The topological polar surface area (TPSA) is 120 Å². The lowest BCUT2D eigenvalue weighted by atomic mass is 10.1. The molecule has 0 aliphatic carbocycles. The molecule has 2 aliphatic heterocycles. The van der Waals surface area contributed by atoms with Crippen molar-refractivity contribution in [3.05, 3.63) is 101 Å². The summed E-state index contributed by atoms with van der Waals surface area (Å²) in [7, 11) is 1.77. The van der Waals surface area contributed by atoms with Crippen LogP contribution in [0.25, 0.3) is 10.2 Å². The fourth-order valence-corrected chi connectivity index (χ4v) is 6.88. The second-order valence-corrected chi connectivity index (χ2v) is 12.2. The molecule has 3 aromatic carbocycles. The number of methoxy groups -OCH3 is 1. The van der Waals surface area contributed by atoms with Gasteiger partial charge >= 0.3 is 6.03 Å². The van der Waals surface area contributed by atoms with Gasteiger partial charge in [0.15, 0.2) is 0 Å². The molecule has 2 aromatic heterocycles. The Morgan fingerprint density at radius 3 is 2.46 bits per heavy atom. The van der Waals surface area contributed by atoms with Crippen molar-refractivity contribution in [2.24, 2.45) is 0 Å². The van der Waals surface area contributed by atoms with Crippen LogP contribution in [0.1, 0.15) is 33.6 Å². The fourth-order valence-electron chi connectivity index (χ4n) is 5.88. The van der Waals surface area contributed by atoms with Crippen LogP contribution in [-0.2, 0) is 11.3 Å². The zero-order valence-electron chi connectivity index (χ0n) is 25.0. The van der Waals surface area contributed by atoms with E-state index in [1.54, 1.807) is 31.4 Å². The summed E-state index contributed by atoms with van der Waals surface area (Å²) in [6.45, 7) is 2.82. The van der Waals surface area contributed by atoms with Gasteiger partial charge in [-0.1, -0.05) is 30.3 Å². The first kappa shape index (κ1) is 29.4. The second kappa shape index (κ2) is 12.6. The van der Waals surface area contributed by atoms with E-state index in [0.29, 0.717) is 55.4 Å². The van der Waals surface area contributed by atoms with E-state index >= 15 is 0 Å². The normalized spacial score (nSPS) is 15.0. The summed E-state index contributed by atoms with van der Waals surface area (Å²) in [6, 6.07) is 25.9. The SMILES string of the molecule is COC1CCN(Cc2ccc(NC(=O)c3sc4ncc(C#N)c5c4c3NC(=O)N5c3ccc(Oc4ccccc4)cc3)cc2)CC1. The number of urea groups is 1. The third-order valence-electron chi connectivity index (χ3n) is 8.24. The quantitative estimate of drug-likeness (QED) is 0.182. The second-order valence-electron chi connectivity index (χ2n) is 11.2. The number of nitrogens with zero attached hydrogens (tertiary/aromatic N) is 4. The van der Waals surface area contributed by atoms with E-state index in [0.717, 1.165) is 38.0 Å². The number of carbonyl (C=O) groups is 2. The van der Waals surface area contributed by atoms with Crippen molar-refractivity contribution < 1.29 is 19.1 Å². The monoisotopic (exact) mass is 630 g/mol. The Labute approximate surface area is 269 Å². The van der Waals surface area contributed by atoms with Crippen LogP contribution in [0.5, 0.6) is 11.5 Å². The van der Waals surface area contributed by atoms with E-state index in [9.17, 15) is 14.9 Å². The number of aromatic nitrogens is 1. The molecule has 0 unspecified atom stereocenters. The number of piperidine rings is 1. The molecule has 46 heavy (non-hydrogen) atoms. The molecule has 0 saturated carbocycles. The molecule has 1 saturated heterocycles. The van der Waals surface area contributed by atoms with Crippen molar-refractivity contribution in [1.29, 1.82) is 5.26 Å². The summed E-state index contributed by atoms with van der Waals surface area (Å²) in [6.07, 6.45) is 3.83. The molecule has 3 amide bonds. The van der Waals surface area contributed by atoms with Crippen LogP contribution in [0.4, 0.5) is 27.5 Å². The minimum atomic E-state index is -0.487. The first-order chi connectivity index (χ1) is 22.5. The van der Waals surface area contributed by atoms with Gasteiger partial charge < -0.3 is 20.1 Å². The number of thiophene rings is 1. The molecule has 0 radical (unpaired) electrons. The summed E-state index contributed by atoms with van der Waals surface area (Å²) in [4.78, 5) is 36.3. The number of benzene rings is 3. The molecule has 1 fully saturated rings. The summed E-state index contributed by atoms with van der Waals surface area (Å²) in [5.74, 6) is 0.923. The minimum Gasteiger partial charge on any atom is -0.457 e. The maximum absolute atomic E-state index is 13.6. The summed E-state index contributed by atoms with van der Waals surface area (Å²) < 4.78 is 11.4. The number of ether oxygens (including phenoxy) is 2. The van der Waals surface area contributed by atoms with Gasteiger partial charge in [0.25, 0.3) is 5.91 Å². The summed E-state index contributed by atoms with van der Waals surface area (Å²) >= 11 is 1.17. The van der Waals surface area contributed by atoms with Gasteiger partial charge in [-0.2, -0.15) is 5.26 Å². The van der Waals surface area contributed by atoms with Gasteiger partial charge in [-0.05, 0) is 66.9 Å². The highest BCUT2D eigenvalue weighted by Gasteiger charge is 2.35. The molecule has 11 heteroatoms. The third kappa shape index (κ3) is 5.77. The van der Waals surface area contributed by atoms with E-state index in [1.807, 2.05) is 54.6 Å². The van der Waals surface area contributed by atoms with Crippen molar-refractivity contribution in [3.63, 3.8) is 0 Å². The highest BCUT2D eigenvalue weighted by Crippen LogP contribution is 2.47. The molecule has 230 valence electrons. The van der Waals surface area contributed by atoms with Crippen LogP contribution in [0.3, 0.4) is 0 Å². The van der Waals surface area contributed by atoms with Crippen LogP contribution >= 0.6 is 11.3 Å². The summed E-state index contributed by atoms with van der Waals surface area (Å²) in [5, 5.41) is 16.4.